The Morgan fingerprint density at radius 1 is 1.44 bits per heavy atom. The van der Waals surface area contributed by atoms with Crippen LogP contribution in [0.2, 0.25) is 0 Å². The van der Waals surface area contributed by atoms with E-state index in [1.54, 1.807) is 12.1 Å². The van der Waals surface area contributed by atoms with Gasteiger partial charge >= 0.3 is 0 Å². The standard InChI is InChI=1S/C15H19NO2/c1-10(2)7-12(9-16)15(17)13-8-11(3)5-6-14(13)18-4/h5-6,8,10,12H,7H2,1-4H3. The van der Waals surface area contributed by atoms with E-state index in [1.165, 1.54) is 7.11 Å². The Balaban J connectivity index is 3.09. The summed E-state index contributed by atoms with van der Waals surface area (Å²) in [5, 5.41) is 9.13. The molecule has 3 heteroatoms. The molecule has 0 saturated heterocycles. The Hall–Kier alpha value is -1.82. The van der Waals surface area contributed by atoms with E-state index in [0.29, 0.717) is 23.7 Å². The average Bonchev–Trinajstić information content (AvgIpc) is 2.34. The number of methoxy groups -OCH3 is 1. The maximum Gasteiger partial charge on any atom is 0.183 e. The van der Waals surface area contributed by atoms with Crippen LogP contribution in [0.1, 0.15) is 36.2 Å². The first-order chi connectivity index (χ1) is 8.49. The molecule has 0 radical (unpaired) electrons. The van der Waals surface area contributed by atoms with E-state index >= 15 is 0 Å². The predicted molar refractivity (Wildman–Crippen MR) is 70.6 cm³/mol. The van der Waals surface area contributed by atoms with Crippen molar-refractivity contribution in [1.82, 2.24) is 0 Å². The number of hydrogen-bond donors (Lipinski definition) is 0. The van der Waals surface area contributed by atoms with Crippen molar-refractivity contribution in [3.8, 4) is 11.8 Å². The van der Waals surface area contributed by atoms with Crippen molar-refractivity contribution in [1.29, 1.82) is 5.26 Å². The molecule has 1 aromatic rings. The van der Waals surface area contributed by atoms with Gasteiger partial charge in [0.2, 0.25) is 0 Å². The highest BCUT2D eigenvalue weighted by Gasteiger charge is 2.23. The van der Waals surface area contributed by atoms with Gasteiger partial charge in [0.05, 0.1) is 18.7 Å². The first-order valence-electron chi connectivity index (χ1n) is 6.08. The molecule has 0 aliphatic rings. The summed E-state index contributed by atoms with van der Waals surface area (Å²) in [6.45, 7) is 5.93. The van der Waals surface area contributed by atoms with Crippen molar-refractivity contribution in [3.63, 3.8) is 0 Å². The molecule has 0 saturated carbocycles. The lowest BCUT2D eigenvalue weighted by Gasteiger charge is -2.13. The van der Waals surface area contributed by atoms with Gasteiger partial charge in [-0.05, 0) is 31.4 Å². The van der Waals surface area contributed by atoms with Gasteiger partial charge in [-0.1, -0.05) is 25.5 Å². The lowest BCUT2D eigenvalue weighted by atomic mass is 9.90. The van der Waals surface area contributed by atoms with E-state index in [9.17, 15) is 4.79 Å². The first kappa shape index (κ1) is 14.2. The molecule has 18 heavy (non-hydrogen) atoms. The number of nitriles is 1. The minimum atomic E-state index is -0.597. The summed E-state index contributed by atoms with van der Waals surface area (Å²) in [7, 11) is 1.53. The molecule has 0 bridgehead atoms. The summed E-state index contributed by atoms with van der Waals surface area (Å²) in [4.78, 5) is 12.3. The van der Waals surface area contributed by atoms with Crippen molar-refractivity contribution in [3.05, 3.63) is 29.3 Å². The Kier molecular flexibility index (Phi) is 4.91. The Morgan fingerprint density at radius 2 is 2.11 bits per heavy atom. The molecule has 1 unspecified atom stereocenters. The predicted octanol–water partition coefficient (Wildman–Crippen LogP) is 3.37. The van der Waals surface area contributed by atoms with Gasteiger partial charge in [0.15, 0.2) is 5.78 Å². The van der Waals surface area contributed by atoms with Gasteiger partial charge in [-0.25, -0.2) is 0 Å². The molecule has 1 aromatic carbocycles. The van der Waals surface area contributed by atoms with Gasteiger partial charge in [-0.3, -0.25) is 4.79 Å². The minimum absolute atomic E-state index is 0.147. The zero-order valence-electron chi connectivity index (χ0n) is 11.4. The molecular formula is C15H19NO2. The van der Waals surface area contributed by atoms with Crippen LogP contribution in [0.15, 0.2) is 18.2 Å². The third-order valence-corrected chi connectivity index (χ3v) is 2.80. The molecule has 0 aliphatic carbocycles. The minimum Gasteiger partial charge on any atom is -0.496 e. The summed E-state index contributed by atoms with van der Waals surface area (Å²) in [6.07, 6.45) is 0.576. The van der Waals surface area contributed by atoms with Crippen molar-refractivity contribution in [2.45, 2.75) is 27.2 Å². The van der Waals surface area contributed by atoms with Crippen LogP contribution in [0.25, 0.3) is 0 Å². The maximum atomic E-state index is 12.3. The number of aryl methyl sites for hydroxylation is 1. The zero-order chi connectivity index (χ0) is 13.7. The van der Waals surface area contributed by atoms with Crippen LogP contribution < -0.4 is 4.74 Å². The molecule has 1 rings (SSSR count). The lowest BCUT2D eigenvalue weighted by molar-refractivity contribution is 0.0933. The van der Waals surface area contributed by atoms with Crippen LogP contribution >= 0.6 is 0 Å². The average molecular weight is 245 g/mol. The number of carbonyl (C=O) groups excluding carboxylic acids is 1. The Morgan fingerprint density at radius 3 is 2.61 bits per heavy atom. The van der Waals surface area contributed by atoms with Gasteiger partial charge in [0.1, 0.15) is 11.7 Å². The number of hydrogen-bond acceptors (Lipinski definition) is 3. The van der Waals surface area contributed by atoms with Crippen LogP contribution in [0.3, 0.4) is 0 Å². The third kappa shape index (κ3) is 3.33. The van der Waals surface area contributed by atoms with Crippen molar-refractivity contribution >= 4 is 5.78 Å². The second kappa shape index (κ2) is 6.20. The van der Waals surface area contributed by atoms with Crippen LogP contribution in [0.4, 0.5) is 0 Å². The summed E-state index contributed by atoms with van der Waals surface area (Å²) in [5.41, 5.74) is 1.49. The maximum absolute atomic E-state index is 12.3. The number of benzene rings is 1. The van der Waals surface area contributed by atoms with Crippen molar-refractivity contribution in [2.24, 2.45) is 11.8 Å². The van der Waals surface area contributed by atoms with E-state index in [-0.39, 0.29) is 5.78 Å². The quantitative estimate of drug-likeness (QED) is 0.747. The number of Topliss-reactive ketones (excluding diaryl/α,β-unsaturated/α-hetero) is 1. The molecule has 0 N–H and O–H groups in total. The fourth-order valence-electron chi connectivity index (χ4n) is 1.89. The highest BCUT2D eigenvalue weighted by Crippen LogP contribution is 2.25. The smallest absolute Gasteiger partial charge is 0.183 e. The molecule has 0 fully saturated rings. The molecule has 0 spiro atoms. The molecule has 0 aromatic heterocycles. The fourth-order valence-corrected chi connectivity index (χ4v) is 1.89. The number of ketones is 1. The molecule has 0 amide bonds. The Bertz CT molecular complexity index is 472. The molecular weight excluding hydrogens is 226 g/mol. The van der Waals surface area contributed by atoms with E-state index in [0.717, 1.165) is 5.56 Å². The monoisotopic (exact) mass is 245 g/mol. The zero-order valence-corrected chi connectivity index (χ0v) is 11.4. The largest absolute Gasteiger partial charge is 0.496 e. The number of rotatable bonds is 5. The van der Waals surface area contributed by atoms with Crippen LogP contribution in [0, 0.1) is 30.1 Å². The number of carbonyl (C=O) groups is 1. The molecule has 96 valence electrons. The van der Waals surface area contributed by atoms with Gasteiger partial charge in [-0.2, -0.15) is 5.26 Å². The molecule has 1 atom stereocenters. The fraction of sp³-hybridized carbons (Fsp3) is 0.467. The van der Waals surface area contributed by atoms with Crippen LogP contribution in [-0.4, -0.2) is 12.9 Å². The number of ether oxygens (including phenoxy) is 1. The second-order valence-corrected chi connectivity index (χ2v) is 4.88. The van der Waals surface area contributed by atoms with E-state index < -0.39 is 5.92 Å². The van der Waals surface area contributed by atoms with E-state index in [1.807, 2.05) is 26.8 Å². The SMILES string of the molecule is COc1ccc(C)cc1C(=O)C(C#N)CC(C)C. The highest BCUT2D eigenvalue weighted by atomic mass is 16.5. The summed E-state index contributed by atoms with van der Waals surface area (Å²) >= 11 is 0. The van der Waals surface area contributed by atoms with Gasteiger partial charge in [0, 0.05) is 0 Å². The second-order valence-electron chi connectivity index (χ2n) is 4.88. The van der Waals surface area contributed by atoms with Crippen molar-refractivity contribution < 1.29 is 9.53 Å². The van der Waals surface area contributed by atoms with E-state index in [4.69, 9.17) is 10.00 Å². The summed E-state index contributed by atoms with van der Waals surface area (Å²) in [6, 6.07) is 7.54. The highest BCUT2D eigenvalue weighted by molar-refractivity contribution is 6.01. The van der Waals surface area contributed by atoms with Crippen LogP contribution in [-0.2, 0) is 0 Å². The summed E-state index contributed by atoms with van der Waals surface area (Å²) in [5.74, 6) is 0.108. The summed E-state index contributed by atoms with van der Waals surface area (Å²) < 4.78 is 5.19. The van der Waals surface area contributed by atoms with Crippen molar-refractivity contribution in [2.75, 3.05) is 7.11 Å². The van der Waals surface area contributed by atoms with Gasteiger partial charge < -0.3 is 4.74 Å². The first-order valence-corrected chi connectivity index (χ1v) is 6.08. The molecule has 3 nitrogen and oxygen atoms in total. The number of nitrogens with zero attached hydrogens (tertiary/aromatic N) is 1. The lowest BCUT2D eigenvalue weighted by Crippen LogP contribution is -2.16. The van der Waals surface area contributed by atoms with Gasteiger partial charge in [0.25, 0.3) is 0 Å². The topological polar surface area (TPSA) is 50.1 Å². The van der Waals surface area contributed by atoms with Crippen LogP contribution in [0.5, 0.6) is 5.75 Å². The van der Waals surface area contributed by atoms with E-state index in [2.05, 4.69) is 6.07 Å². The normalized spacial score (nSPS) is 12.0. The third-order valence-electron chi connectivity index (χ3n) is 2.80. The van der Waals surface area contributed by atoms with Gasteiger partial charge in [-0.15, -0.1) is 0 Å². The molecule has 0 heterocycles. The Labute approximate surface area is 108 Å². The molecule has 0 aliphatic heterocycles.